The fourth-order valence-electron chi connectivity index (χ4n) is 1.84. The highest BCUT2D eigenvalue weighted by Crippen LogP contribution is 2.18. The monoisotopic (exact) mass is 290 g/mol. The minimum absolute atomic E-state index is 0.410. The molecule has 1 nitrogen and oxygen atoms in total. The smallest absolute Gasteiger partial charge is 0.258 e. The van der Waals surface area contributed by atoms with Crippen molar-refractivity contribution >= 4 is 28.6 Å². The second kappa shape index (κ2) is 13.5. The molecule has 0 aromatic heterocycles. The lowest BCUT2D eigenvalue weighted by Gasteiger charge is -2.02. The highest BCUT2D eigenvalue weighted by Gasteiger charge is 2.02. The molecule has 0 aromatic rings. The third-order valence-electron chi connectivity index (χ3n) is 2.99. The van der Waals surface area contributed by atoms with E-state index in [9.17, 15) is 4.79 Å². The summed E-state index contributed by atoms with van der Waals surface area (Å²) in [5.41, 5.74) is 0. The van der Waals surface area contributed by atoms with Gasteiger partial charge in [-0.05, 0) is 23.8 Å². The van der Waals surface area contributed by atoms with Crippen molar-refractivity contribution in [2.75, 3.05) is 5.75 Å². The summed E-state index contributed by atoms with van der Waals surface area (Å²) < 4.78 is 0. The summed E-state index contributed by atoms with van der Waals surface area (Å²) in [6.07, 6.45) is 13.4. The maximum Gasteiger partial charge on any atom is 0.258 e. The van der Waals surface area contributed by atoms with Crippen molar-refractivity contribution in [2.24, 2.45) is 0 Å². The molecule has 0 amide bonds. The predicted molar refractivity (Wildman–Crippen MR) is 84.3 cm³/mol. The van der Waals surface area contributed by atoms with Gasteiger partial charge >= 0.3 is 0 Å². The first-order valence-electron chi connectivity index (χ1n) is 7.20. The normalized spacial score (nSPS) is 10.6. The Kier molecular flexibility index (Phi) is 13.5. The van der Waals surface area contributed by atoms with Gasteiger partial charge < -0.3 is 0 Å². The van der Waals surface area contributed by atoms with Gasteiger partial charge in [-0.2, -0.15) is 0 Å². The molecule has 0 atom stereocenters. The van der Waals surface area contributed by atoms with E-state index in [2.05, 4.69) is 13.5 Å². The summed E-state index contributed by atoms with van der Waals surface area (Å²) >= 11 is 6.79. The number of thioether (sulfide) groups is 1. The van der Waals surface area contributed by atoms with Crippen LogP contribution in [0.3, 0.4) is 0 Å². The fourth-order valence-corrected chi connectivity index (χ4v) is 2.71. The lowest BCUT2D eigenvalue weighted by molar-refractivity contribution is -0.107. The average Bonchev–Trinajstić information content (AvgIpc) is 2.35. The zero-order chi connectivity index (χ0) is 13.6. The minimum atomic E-state index is -0.410. The van der Waals surface area contributed by atoms with Crippen molar-refractivity contribution in [1.82, 2.24) is 0 Å². The Labute approximate surface area is 122 Å². The molecule has 0 radical (unpaired) electrons. The molecule has 18 heavy (non-hydrogen) atoms. The van der Waals surface area contributed by atoms with Crippen LogP contribution in [0.1, 0.15) is 71.1 Å². The Hall–Kier alpha value is 0.0500. The van der Waals surface area contributed by atoms with E-state index in [1.54, 1.807) is 0 Å². The molecule has 0 aliphatic rings. The summed E-state index contributed by atoms with van der Waals surface area (Å²) in [6, 6.07) is 0. The van der Waals surface area contributed by atoms with Gasteiger partial charge in [0.1, 0.15) is 0 Å². The SMILES string of the molecule is C=C(SCCCCCCCCCCCC)C(=O)Cl. The zero-order valence-corrected chi connectivity index (χ0v) is 13.3. The molecule has 0 heterocycles. The standard InChI is InChI=1S/C15H27ClOS/c1-3-4-5-6-7-8-9-10-11-12-13-18-14(2)15(16)17/h2-13H2,1H3. The minimum Gasteiger partial charge on any atom is -0.275 e. The van der Waals surface area contributed by atoms with Crippen LogP contribution >= 0.6 is 23.4 Å². The number of carbonyl (C=O) groups is 1. The van der Waals surface area contributed by atoms with Gasteiger partial charge in [0.25, 0.3) is 5.24 Å². The number of carbonyl (C=O) groups excluding carboxylic acids is 1. The molecule has 0 aliphatic heterocycles. The molecule has 3 heteroatoms. The van der Waals surface area contributed by atoms with Crippen LogP contribution in [0.15, 0.2) is 11.5 Å². The first kappa shape index (κ1) is 18.0. The second-order valence-electron chi connectivity index (χ2n) is 4.73. The zero-order valence-electron chi connectivity index (χ0n) is 11.7. The maximum absolute atomic E-state index is 10.7. The van der Waals surface area contributed by atoms with Crippen LogP contribution in [0.4, 0.5) is 0 Å². The Balaban J connectivity index is 3.07. The Bertz CT molecular complexity index is 229. The van der Waals surface area contributed by atoms with Crippen molar-refractivity contribution in [3.05, 3.63) is 11.5 Å². The molecule has 0 N–H and O–H groups in total. The molecule has 0 saturated carbocycles. The number of hydrogen-bond acceptors (Lipinski definition) is 2. The maximum atomic E-state index is 10.7. The van der Waals surface area contributed by atoms with E-state index in [1.165, 1.54) is 69.5 Å². The largest absolute Gasteiger partial charge is 0.275 e. The van der Waals surface area contributed by atoms with E-state index in [1.807, 2.05) is 0 Å². The molecule has 106 valence electrons. The van der Waals surface area contributed by atoms with E-state index < -0.39 is 5.24 Å². The van der Waals surface area contributed by atoms with E-state index >= 15 is 0 Å². The number of hydrogen-bond donors (Lipinski definition) is 0. The van der Waals surface area contributed by atoms with E-state index in [0.717, 1.165) is 12.2 Å². The number of halogens is 1. The van der Waals surface area contributed by atoms with Crippen molar-refractivity contribution in [3.8, 4) is 0 Å². The van der Waals surface area contributed by atoms with Gasteiger partial charge in [0, 0.05) is 0 Å². The number of unbranched alkanes of at least 4 members (excludes halogenated alkanes) is 9. The molecule has 0 saturated heterocycles. The van der Waals surface area contributed by atoms with Crippen LogP contribution in [0.2, 0.25) is 0 Å². The number of rotatable bonds is 13. The van der Waals surface area contributed by atoms with Crippen LogP contribution in [0, 0.1) is 0 Å². The Morgan fingerprint density at radius 1 is 0.944 bits per heavy atom. The Morgan fingerprint density at radius 3 is 1.83 bits per heavy atom. The van der Waals surface area contributed by atoms with Crippen LogP contribution in [-0.4, -0.2) is 11.0 Å². The second-order valence-corrected chi connectivity index (χ2v) is 6.26. The highest BCUT2D eigenvalue weighted by atomic mass is 35.5. The third kappa shape index (κ3) is 12.5. The highest BCUT2D eigenvalue weighted by molar-refractivity contribution is 8.04. The van der Waals surface area contributed by atoms with Crippen LogP contribution in [-0.2, 0) is 4.79 Å². The van der Waals surface area contributed by atoms with Gasteiger partial charge in [-0.1, -0.05) is 71.3 Å². The third-order valence-corrected chi connectivity index (χ3v) is 4.36. The van der Waals surface area contributed by atoms with Gasteiger partial charge in [-0.15, -0.1) is 11.8 Å². The summed E-state index contributed by atoms with van der Waals surface area (Å²) in [5, 5.41) is -0.410. The van der Waals surface area contributed by atoms with Crippen molar-refractivity contribution < 1.29 is 4.79 Å². The summed E-state index contributed by atoms with van der Waals surface area (Å²) in [6.45, 7) is 5.87. The topological polar surface area (TPSA) is 17.1 Å². The van der Waals surface area contributed by atoms with Crippen LogP contribution in [0.5, 0.6) is 0 Å². The molecule has 0 fully saturated rings. The first-order chi connectivity index (χ1) is 8.68. The molecule has 0 spiro atoms. The summed E-state index contributed by atoms with van der Waals surface area (Å²) in [7, 11) is 0. The van der Waals surface area contributed by atoms with Gasteiger partial charge in [0.2, 0.25) is 0 Å². The van der Waals surface area contributed by atoms with Crippen molar-refractivity contribution in [3.63, 3.8) is 0 Å². The van der Waals surface area contributed by atoms with Gasteiger partial charge in [-0.25, -0.2) is 0 Å². The van der Waals surface area contributed by atoms with Gasteiger partial charge in [0.15, 0.2) is 0 Å². The molecule has 0 aromatic carbocycles. The molecule has 0 aliphatic carbocycles. The number of allylic oxidation sites excluding steroid dienone is 1. The molecular formula is C15H27ClOS. The average molecular weight is 291 g/mol. The van der Waals surface area contributed by atoms with E-state index in [0.29, 0.717) is 4.91 Å². The lowest BCUT2D eigenvalue weighted by Crippen LogP contribution is -1.89. The molecule has 0 bridgehead atoms. The predicted octanol–water partition coefficient (Wildman–Crippen LogP) is 5.92. The molecule has 0 rings (SSSR count). The van der Waals surface area contributed by atoms with Gasteiger partial charge in [-0.3, -0.25) is 4.79 Å². The lowest BCUT2D eigenvalue weighted by atomic mass is 10.1. The Morgan fingerprint density at radius 2 is 1.39 bits per heavy atom. The van der Waals surface area contributed by atoms with Gasteiger partial charge in [0.05, 0.1) is 4.91 Å². The fraction of sp³-hybridized carbons (Fsp3) is 0.800. The first-order valence-corrected chi connectivity index (χ1v) is 8.56. The van der Waals surface area contributed by atoms with Crippen molar-refractivity contribution in [1.29, 1.82) is 0 Å². The molecule has 0 unspecified atom stereocenters. The van der Waals surface area contributed by atoms with Crippen LogP contribution in [0.25, 0.3) is 0 Å². The van der Waals surface area contributed by atoms with E-state index in [4.69, 9.17) is 11.6 Å². The summed E-state index contributed by atoms with van der Waals surface area (Å²) in [4.78, 5) is 11.2. The van der Waals surface area contributed by atoms with E-state index in [-0.39, 0.29) is 0 Å². The summed E-state index contributed by atoms with van der Waals surface area (Å²) in [5.74, 6) is 0.966. The quantitative estimate of drug-likeness (QED) is 0.238. The molecular weight excluding hydrogens is 264 g/mol. The van der Waals surface area contributed by atoms with Crippen LogP contribution < -0.4 is 0 Å². The van der Waals surface area contributed by atoms with Crippen molar-refractivity contribution in [2.45, 2.75) is 71.1 Å².